The van der Waals surface area contributed by atoms with Gasteiger partial charge in [-0.1, -0.05) is 0 Å². The Hall–Kier alpha value is 0.220. The lowest BCUT2D eigenvalue weighted by Crippen LogP contribution is -2.39. The van der Waals surface area contributed by atoms with Gasteiger partial charge in [0, 0.05) is 25.7 Å². The fourth-order valence-electron chi connectivity index (χ4n) is 2.24. The maximum Gasteiger partial charge on any atom is 0.214 e. The smallest absolute Gasteiger partial charge is 0.214 e. The first kappa shape index (κ1) is 12.7. The summed E-state index contributed by atoms with van der Waals surface area (Å²) in [5.74, 6) is 2.81. The van der Waals surface area contributed by atoms with Gasteiger partial charge in [0.1, 0.15) is 0 Å². The average Bonchev–Trinajstić information content (AvgIpc) is 2.60. The Bertz CT molecular complexity index is 313. The normalized spacial score (nSPS) is 27.2. The van der Waals surface area contributed by atoms with Crippen LogP contribution < -0.4 is 5.32 Å². The minimum atomic E-state index is -2.90. The molecule has 0 aromatic carbocycles. The predicted octanol–water partition coefficient (Wildman–Crippen LogP) is 0.507. The van der Waals surface area contributed by atoms with E-state index in [2.05, 4.69) is 5.32 Å². The van der Waals surface area contributed by atoms with Crippen molar-refractivity contribution in [3.8, 4) is 0 Å². The second-order valence-electron chi connectivity index (χ2n) is 4.41. The maximum absolute atomic E-state index is 11.5. The Labute approximate surface area is 102 Å². The van der Waals surface area contributed by atoms with Crippen molar-refractivity contribution < 1.29 is 8.42 Å². The van der Waals surface area contributed by atoms with Gasteiger partial charge in [-0.2, -0.15) is 11.8 Å². The number of hydrogen-bond donors (Lipinski definition) is 1. The van der Waals surface area contributed by atoms with Gasteiger partial charge < -0.3 is 5.32 Å². The summed E-state index contributed by atoms with van der Waals surface area (Å²) in [6.45, 7) is 2.16. The van der Waals surface area contributed by atoms with Crippen LogP contribution in [0.3, 0.4) is 0 Å². The number of rotatable bonds is 4. The molecule has 0 spiro atoms. The number of thioether (sulfide) groups is 1. The molecule has 0 radical (unpaired) electrons. The van der Waals surface area contributed by atoms with Crippen molar-refractivity contribution in [1.82, 2.24) is 9.62 Å². The molecule has 6 heteroatoms. The maximum atomic E-state index is 11.5. The van der Waals surface area contributed by atoms with Gasteiger partial charge >= 0.3 is 0 Å². The van der Waals surface area contributed by atoms with E-state index in [1.54, 1.807) is 4.31 Å². The highest BCUT2D eigenvalue weighted by Gasteiger charge is 2.27. The van der Waals surface area contributed by atoms with Crippen molar-refractivity contribution in [3.05, 3.63) is 0 Å². The third-order valence-electron chi connectivity index (χ3n) is 3.22. The van der Waals surface area contributed by atoms with E-state index in [0.29, 0.717) is 24.9 Å². The Kier molecular flexibility index (Phi) is 4.52. The van der Waals surface area contributed by atoms with Gasteiger partial charge in [-0.15, -0.1) is 0 Å². The zero-order valence-electron chi connectivity index (χ0n) is 9.52. The van der Waals surface area contributed by atoms with Crippen molar-refractivity contribution in [2.45, 2.75) is 25.3 Å². The quantitative estimate of drug-likeness (QED) is 0.804. The highest BCUT2D eigenvalue weighted by atomic mass is 32.2. The summed E-state index contributed by atoms with van der Waals surface area (Å²) >= 11 is 2.01. The van der Waals surface area contributed by atoms with Crippen LogP contribution in [0.1, 0.15) is 19.3 Å². The van der Waals surface area contributed by atoms with E-state index in [0.717, 1.165) is 13.0 Å². The van der Waals surface area contributed by atoms with E-state index in [-0.39, 0.29) is 0 Å². The molecule has 4 nitrogen and oxygen atoms in total. The molecule has 0 aromatic heterocycles. The third kappa shape index (κ3) is 3.35. The van der Waals surface area contributed by atoms with Crippen LogP contribution in [0.15, 0.2) is 0 Å². The van der Waals surface area contributed by atoms with Gasteiger partial charge in [-0.05, 0) is 30.8 Å². The third-order valence-corrected chi connectivity index (χ3v) is 6.22. The van der Waals surface area contributed by atoms with Crippen molar-refractivity contribution in [3.63, 3.8) is 0 Å². The second-order valence-corrected chi connectivity index (χ2v) is 7.72. The summed E-state index contributed by atoms with van der Waals surface area (Å²) in [6.07, 6.45) is 3.23. The molecule has 0 amide bonds. The van der Waals surface area contributed by atoms with Gasteiger partial charge in [-0.25, -0.2) is 12.7 Å². The standard InChI is InChI=1S/C10H20N2O2S2/c13-16(14)9-1-5-12(16)6-4-11-10-2-7-15-8-3-10/h10-11H,1-9H2. The van der Waals surface area contributed by atoms with E-state index >= 15 is 0 Å². The summed E-state index contributed by atoms with van der Waals surface area (Å²) in [5.41, 5.74) is 0. The topological polar surface area (TPSA) is 49.4 Å². The van der Waals surface area contributed by atoms with Gasteiger partial charge in [0.15, 0.2) is 0 Å². The molecule has 2 rings (SSSR count). The lowest BCUT2D eigenvalue weighted by molar-refractivity contribution is 0.405. The largest absolute Gasteiger partial charge is 0.313 e. The fraction of sp³-hybridized carbons (Fsp3) is 1.00. The molecular formula is C10H20N2O2S2. The molecule has 2 saturated heterocycles. The monoisotopic (exact) mass is 264 g/mol. The van der Waals surface area contributed by atoms with Crippen LogP contribution >= 0.6 is 11.8 Å². The molecule has 0 bridgehead atoms. The van der Waals surface area contributed by atoms with Crippen molar-refractivity contribution in [2.24, 2.45) is 0 Å². The minimum Gasteiger partial charge on any atom is -0.313 e. The van der Waals surface area contributed by atoms with Crippen LogP contribution in [0.25, 0.3) is 0 Å². The molecule has 2 aliphatic rings. The van der Waals surface area contributed by atoms with E-state index in [9.17, 15) is 8.42 Å². The van der Waals surface area contributed by atoms with Crippen LogP contribution in [-0.2, 0) is 10.0 Å². The SMILES string of the molecule is O=S1(=O)CCCN1CCNC1CCSCC1. The van der Waals surface area contributed by atoms with Crippen molar-refractivity contribution in [1.29, 1.82) is 0 Å². The molecule has 0 unspecified atom stereocenters. The Balaban J connectivity index is 1.67. The highest BCUT2D eigenvalue weighted by molar-refractivity contribution is 7.99. The molecule has 1 N–H and O–H groups in total. The molecule has 2 heterocycles. The summed E-state index contributed by atoms with van der Waals surface area (Å²) in [5, 5.41) is 3.47. The molecule has 16 heavy (non-hydrogen) atoms. The van der Waals surface area contributed by atoms with Crippen molar-refractivity contribution in [2.75, 3.05) is 36.9 Å². The molecule has 2 fully saturated rings. The molecule has 0 atom stereocenters. The summed E-state index contributed by atoms with van der Waals surface area (Å²) in [6, 6.07) is 0.603. The zero-order chi connectivity index (χ0) is 11.4. The summed E-state index contributed by atoms with van der Waals surface area (Å²) in [4.78, 5) is 0. The van der Waals surface area contributed by atoms with Crippen LogP contribution in [0.4, 0.5) is 0 Å². The molecule has 0 aliphatic carbocycles. The number of sulfonamides is 1. The molecule has 94 valence electrons. The van der Waals surface area contributed by atoms with Gasteiger partial charge in [0.25, 0.3) is 0 Å². The first-order valence-electron chi connectivity index (χ1n) is 5.97. The Morgan fingerprint density at radius 3 is 2.69 bits per heavy atom. The van der Waals surface area contributed by atoms with E-state index < -0.39 is 10.0 Å². The van der Waals surface area contributed by atoms with Crippen LogP contribution in [-0.4, -0.2) is 55.7 Å². The minimum absolute atomic E-state index is 0.340. The average molecular weight is 264 g/mol. The number of hydrogen-bond acceptors (Lipinski definition) is 4. The Morgan fingerprint density at radius 1 is 1.31 bits per heavy atom. The van der Waals surface area contributed by atoms with E-state index in [1.165, 1.54) is 24.3 Å². The highest BCUT2D eigenvalue weighted by Crippen LogP contribution is 2.17. The van der Waals surface area contributed by atoms with Crippen LogP contribution in [0.5, 0.6) is 0 Å². The van der Waals surface area contributed by atoms with Gasteiger partial charge in [-0.3, -0.25) is 0 Å². The Morgan fingerprint density at radius 2 is 2.06 bits per heavy atom. The predicted molar refractivity (Wildman–Crippen MR) is 68.3 cm³/mol. The first-order valence-corrected chi connectivity index (χ1v) is 8.74. The second kappa shape index (κ2) is 5.71. The first-order chi connectivity index (χ1) is 7.68. The van der Waals surface area contributed by atoms with E-state index in [1.807, 2.05) is 11.8 Å². The summed E-state index contributed by atoms with van der Waals surface area (Å²) < 4.78 is 24.7. The number of nitrogens with zero attached hydrogens (tertiary/aromatic N) is 1. The van der Waals surface area contributed by atoms with Crippen LogP contribution in [0, 0.1) is 0 Å². The fourth-order valence-corrected chi connectivity index (χ4v) is 4.87. The van der Waals surface area contributed by atoms with Crippen LogP contribution in [0.2, 0.25) is 0 Å². The summed E-state index contributed by atoms with van der Waals surface area (Å²) in [7, 11) is -2.90. The number of nitrogens with one attached hydrogen (secondary N) is 1. The molecule has 0 saturated carbocycles. The van der Waals surface area contributed by atoms with Gasteiger partial charge in [0.05, 0.1) is 5.75 Å². The molecular weight excluding hydrogens is 244 g/mol. The van der Waals surface area contributed by atoms with Gasteiger partial charge in [0.2, 0.25) is 10.0 Å². The molecule has 0 aromatic rings. The zero-order valence-corrected chi connectivity index (χ0v) is 11.2. The lowest BCUT2D eigenvalue weighted by atomic mass is 10.1. The molecule has 2 aliphatic heterocycles. The van der Waals surface area contributed by atoms with E-state index in [4.69, 9.17) is 0 Å². The van der Waals surface area contributed by atoms with Crippen molar-refractivity contribution >= 4 is 21.8 Å². The lowest BCUT2D eigenvalue weighted by Gasteiger charge is -2.23.